The fourth-order valence-corrected chi connectivity index (χ4v) is 1.46. The van der Waals surface area contributed by atoms with Crippen LogP contribution in [0.3, 0.4) is 0 Å². The number of methoxy groups -OCH3 is 1. The molecule has 60 valence electrons. The molecule has 2 nitrogen and oxygen atoms in total. The minimum absolute atomic E-state index is 0.857. The lowest BCUT2D eigenvalue weighted by molar-refractivity contribution is 0.0538. The van der Waals surface area contributed by atoms with Gasteiger partial charge in [0, 0.05) is 26.2 Å². The number of rotatable bonds is 4. The molecular weight excluding hydrogens is 126 g/mol. The monoisotopic (exact) mass is 143 g/mol. The van der Waals surface area contributed by atoms with Gasteiger partial charge in [0.25, 0.3) is 0 Å². The summed E-state index contributed by atoms with van der Waals surface area (Å²) in [6.45, 7) is 5.54. The summed E-state index contributed by atoms with van der Waals surface area (Å²) in [6.07, 6.45) is 2.68. The van der Waals surface area contributed by atoms with E-state index < -0.39 is 0 Å². The highest BCUT2D eigenvalue weighted by molar-refractivity contribution is 4.80. The molecule has 1 fully saturated rings. The average molecular weight is 143 g/mol. The van der Waals surface area contributed by atoms with E-state index in [1.165, 1.54) is 19.4 Å². The predicted octanol–water partition coefficient (Wildman–Crippen LogP) is 1.12. The molecular formula is C8H17NO. The number of nitrogens with zero attached hydrogens (tertiary/aromatic N) is 1. The van der Waals surface area contributed by atoms with Crippen LogP contribution in [0.15, 0.2) is 0 Å². The summed E-state index contributed by atoms with van der Waals surface area (Å²) in [5.41, 5.74) is 0. The van der Waals surface area contributed by atoms with Crippen molar-refractivity contribution in [2.75, 3.05) is 26.8 Å². The van der Waals surface area contributed by atoms with Gasteiger partial charge in [-0.05, 0) is 12.8 Å². The van der Waals surface area contributed by atoms with E-state index in [-0.39, 0.29) is 0 Å². The van der Waals surface area contributed by atoms with E-state index in [1.807, 2.05) is 0 Å². The van der Waals surface area contributed by atoms with Gasteiger partial charge in [-0.1, -0.05) is 6.92 Å². The van der Waals surface area contributed by atoms with Crippen LogP contribution in [-0.2, 0) is 4.74 Å². The summed E-state index contributed by atoms with van der Waals surface area (Å²) in [5, 5.41) is 0. The van der Waals surface area contributed by atoms with Crippen molar-refractivity contribution >= 4 is 0 Å². The van der Waals surface area contributed by atoms with Gasteiger partial charge < -0.3 is 4.74 Å². The van der Waals surface area contributed by atoms with Crippen molar-refractivity contribution < 1.29 is 4.74 Å². The Balaban J connectivity index is 2.05. The molecule has 1 atom stereocenters. The fraction of sp³-hybridized carbons (Fsp3) is 1.00. The lowest BCUT2D eigenvalue weighted by atomic mass is 10.0. The second kappa shape index (κ2) is 3.94. The van der Waals surface area contributed by atoms with Crippen LogP contribution in [0.5, 0.6) is 0 Å². The topological polar surface area (TPSA) is 12.5 Å². The van der Waals surface area contributed by atoms with Crippen LogP contribution in [0.25, 0.3) is 0 Å². The zero-order chi connectivity index (χ0) is 7.40. The maximum absolute atomic E-state index is 5.00. The van der Waals surface area contributed by atoms with Crippen LogP contribution >= 0.6 is 0 Å². The van der Waals surface area contributed by atoms with Gasteiger partial charge in [0.05, 0.1) is 6.61 Å². The molecule has 0 radical (unpaired) electrons. The standard InChI is InChI=1S/C8H17NO/c1-3-8-4-5-9(8)6-7-10-2/h8H,3-7H2,1-2H3. The van der Waals surface area contributed by atoms with E-state index in [9.17, 15) is 0 Å². The van der Waals surface area contributed by atoms with E-state index >= 15 is 0 Å². The van der Waals surface area contributed by atoms with Gasteiger partial charge in [-0.3, -0.25) is 4.90 Å². The highest BCUT2D eigenvalue weighted by Gasteiger charge is 2.24. The second-order valence-corrected chi connectivity index (χ2v) is 2.88. The Morgan fingerprint density at radius 1 is 1.60 bits per heavy atom. The molecule has 1 rings (SSSR count). The Morgan fingerprint density at radius 2 is 2.40 bits per heavy atom. The normalized spacial score (nSPS) is 26.4. The van der Waals surface area contributed by atoms with Crippen molar-refractivity contribution in [2.24, 2.45) is 0 Å². The SMILES string of the molecule is CCC1CCN1CCOC. The Labute approximate surface area is 63.2 Å². The van der Waals surface area contributed by atoms with E-state index in [0.29, 0.717) is 0 Å². The number of hydrogen-bond acceptors (Lipinski definition) is 2. The van der Waals surface area contributed by atoms with E-state index in [4.69, 9.17) is 4.74 Å². The maximum Gasteiger partial charge on any atom is 0.0589 e. The van der Waals surface area contributed by atoms with Crippen LogP contribution in [0, 0.1) is 0 Å². The molecule has 1 aliphatic heterocycles. The van der Waals surface area contributed by atoms with Crippen molar-refractivity contribution in [3.05, 3.63) is 0 Å². The molecule has 2 heteroatoms. The Morgan fingerprint density at radius 3 is 2.80 bits per heavy atom. The Bertz CT molecular complexity index is 93.3. The third-order valence-electron chi connectivity index (χ3n) is 2.32. The van der Waals surface area contributed by atoms with Gasteiger partial charge in [0.15, 0.2) is 0 Å². The molecule has 1 heterocycles. The summed E-state index contributed by atoms with van der Waals surface area (Å²) < 4.78 is 5.00. The molecule has 0 bridgehead atoms. The molecule has 0 aliphatic carbocycles. The Kier molecular flexibility index (Phi) is 3.16. The Hall–Kier alpha value is -0.0800. The first-order valence-corrected chi connectivity index (χ1v) is 4.11. The highest BCUT2D eigenvalue weighted by Crippen LogP contribution is 2.18. The van der Waals surface area contributed by atoms with Crippen molar-refractivity contribution in [1.82, 2.24) is 4.90 Å². The van der Waals surface area contributed by atoms with E-state index in [1.54, 1.807) is 7.11 Å². The maximum atomic E-state index is 5.00. The van der Waals surface area contributed by atoms with Gasteiger partial charge >= 0.3 is 0 Å². The summed E-state index contributed by atoms with van der Waals surface area (Å²) in [4.78, 5) is 2.49. The smallest absolute Gasteiger partial charge is 0.0589 e. The number of hydrogen-bond donors (Lipinski definition) is 0. The van der Waals surface area contributed by atoms with Gasteiger partial charge in [-0.2, -0.15) is 0 Å². The average Bonchev–Trinajstić information content (AvgIpc) is 1.88. The second-order valence-electron chi connectivity index (χ2n) is 2.88. The molecule has 1 saturated heterocycles. The third kappa shape index (κ3) is 1.70. The minimum Gasteiger partial charge on any atom is -0.383 e. The molecule has 1 aliphatic rings. The van der Waals surface area contributed by atoms with Gasteiger partial charge in [-0.15, -0.1) is 0 Å². The van der Waals surface area contributed by atoms with E-state index in [2.05, 4.69) is 11.8 Å². The summed E-state index contributed by atoms with van der Waals surface area (Å²) in [6, 6.07) is 0.857. The van der Waals surface area contributed by atoms with Crippen LogP contribution in [0.4, 0.5) is 0 Å². The highest BCUT2D eigenvalue weighted by atomic mass is 16.5. The number of ether oxygens (including phenoxy) is 1. The van der Waals surface area contributed by atoms with Crippen LogP contribution in [-0.4, -0.2) is 37.7 Å². The lowest BCUT2D eigenvalue weighted by Gasteiger charge is -2.40. The van der Waals surface area contributed by atoms with Crippen LogP contribution < -0.4 is 0 Å². The molecule has 0 amide bonds. The van der Waals surface area contributed by atoms with Gasteiger partial charge in [0.2, 0.25) is 0 Å². The quantitative estimate of drug-likeness (QED) is 0.584. The largest absolute Gasteiger partial charge is 0.383 e. The van der Waals surface area contributed by atoms with Gasteiger partial charge in [-0.25, -0.2) is 0 Å². The van der Waals surface area contributed by atoms with Crippen molar-refractivity contribution in [3.8, 4) is 0 Å². The molecule has 0 aromatic rings. The van der Waals surface area contributed by atoms with E-state index in [0.717, 1.165) is 19.2 Å². The molecule has 0 aromatic carbocycles. The molecule has 0 spiro atoms. The van der Waals surface area contributed by atoms with Crippen LogP contribution in [0.1, 0.15) is 19.8 Å². The fourth-order valence-electron chi connectivity index (χ4n) is 1.46. The number of likely N-dealkylation sites (tertiary alicyclic amines) is 1. The lowest BCUT2D eigenvalue weighted by Crippen LogP contribution is -2.48. The van der Waals surface area contributed by atoms with Crippen molar-refractivity contribution in [3.63, 3.8) is 0 Å². The molecule has 0 saturated carbocycles. The minimum atomic E-state index is 0.857. The van der Waals surface area contributed by atoms with Crippen molar-refractivity contribution in [1.29, 1.82) is 0 Å². The molecule has 0 aromatic heterocycles. The summed E-state index contributed by atoms with van der Waals surface area (Å²) in [7, 11) is 1.76. The zero-order valence-corrected chi connectivity index (χ0v) is 6.97. The molecule has 0 N–H and O–H groups in total. The summed E-state index contributed by atoms with van der Waals surface area (Å²) in [5.74, 6) is 0. The van der Waals surface area contributed by atoms with Gasteiger partial charge in [0.1, 0.15) is 0 Å². The zero-order valence-electron chi connectivity index (χ0n) is 6.97. The van der Waals surface area contributed by atoms with Crippen molar-refractivity contribution in [2.45, 2.75) is 25.8 Å². The van der Waals surface area contributed by atoms with Crippen LogP contribution in [0.2, 0.25) is 0 Å². The summed E-state index contributed by atoms with van der Waals surface area (Å²) >= 11 is 0. The first-order valence-electron chi connectivity index (χ1n) is 4.11. The molecule has 1 unspecified atom stereocenters. The first kappa shape index (κ1) is 8.02. The third-order valence-corrected chi connectivity index (χ3v) is 2.32. The predicted molar refractivity (Wildman–Crippen MR) is 42.1 cm³/mol. The molecule has 10 heavy (non-hydrogen) atoms. The first-order chi connectivity index (χ1) is 4.88.